The molecule has 2 rings (SSSR count). The number of nitrogens with zero attached hydrogens (tertiary/aromatic N) is 1. The summed E-state index contributed by atoms with van der Waals surface area (Å²) in [6, 6.07) is 7.70. The van der Waals surface area contributed by atoms with Crippen LogP contribution in [0.2, 0.25) is 0 Å². The number of nitrogens with two attached hydrogens (primary N) is 1. The van der Waals surface area contributed by atoms with Crippen molar-refractivity contribution in [2.45, 2.75) is 13.0 Å². The molecule has 3 N–H and O–H groups in total. The number of benzene rings is 1. The summed E-state index contributed by atoms with van der Waals surface area (Å²) in [6.45, 7) is 0.687. The summed E-state index contributed by atoms with van der Waals surface area (Å²) in [6.07, 6.45) is 4.23. The van der Waals surface area contributed by atoms with E-state index in [9.17, 15) is 4.79 Å². The predicted molar refractivity (Wildman–Crippen MR) is 59.6 cm³/mol. The molecule has 0 aliphatic carbocycles. The van der Waals surface area contributed by atoms with Gasteiger partial charge in [-0.05, 0) is 24.1 Å². The largest absolute Gasteiger partial charge is 0.399 e. The van der Waals surface area contributed by atoms with Gasteiger partial charge in [-0.3, -0.25) is 4.57 Å². The van der Waals surface area contributed by atoms with Crippen molar-refractivity contribution >= 4 is 5.69 Å². The Morgan fingerprint density at radius 3 is 2.60 bits per heavy atom. The van der Waals surface area contributed by atoms with Crippen LogP contribution in [0.15, 0.2) is 41.5 Å². The molecule has 0 atom stereocenters. The van der Waals surface area contributed by atoms with Gasteiger partial charge in [0.05, 0.1) is 0 Å². The van der Waals surface area contributed by atoms with E-state index in [4.69, 9.17) is 5.73 Å². The predicted octanol–water partition coefficient (Wildman–Crippen LogP) is 1.00. The molecular weight excluding hydrogens is 190 g/mol. The first kappa shape index (κ1) is 9.58. The molecule has 0 aliphatic rings. The van der Waals surface area contributed by atoms with Crippen LogP contribution in [-0.4, -0.2) is 9.55 Å². The zero-order chi connectivity index (χ0) is 10.7. The molecule has 4 nitrogen and oxygen atoms in total. The summed E-state index contributed by atoms with van der Waals surface area (Å²) >= 11 is 0. The summed E-state index contributed by atoms with van der Waals surface area (Å²) in [5, 5.41) is 0. The SMILES string of the molecule is Nc1ccc(CCn2cc[nH]c2=O)cc1. The fourth-order valence-corrected chi connectivity index (χ4v) is 1.46. The number of nitrogens with one attached hydrogen (secondary N) is 1. The van der Waals surface area contributed by atoms with Crippen LogP contribution in [-0.2, 0) is 13.0 Å². The molecule has 78 valence electrons. The quantitative estimate of drug-likeness (QED) is 0.731. The Bertz CT molecular complexity index is 481. The Hall–Kier alpha value is -1.97. The third kappa shape index (κ3) is 2.28. The average Bonchev–Trinajstić information content (AvgIpc) is 2.63. The van der Waals surface area contributed by atoms with Crippen LogP contribution in [0.1, 0.15) is 5.56 Å². The second-order valence-corrected chi connectivity index (χ2v) is 3.45. The van der Waals surface area contributed by atoms with Crippen molar-refractivity contribution in [3.05, 3.63) is 52.7 Å². The van der Waals surface area contributed by atoms with Gasteiger partial charge in [0.1, 0.15) is 0 Å². The summed E-state index contributed by atoms with van der Waals surface area (Å²) in [5.74, 6) is 0. The number of hydrogen-bond donors (Lipinski definition) is 2. The zero-order valence-electron chi connectivity index (χ0n) is 8.31. The molecule has 0 saturated carbocycles. The molecule has 1 heterocycles. The number of nitrogen functional groups attached to an aromatic ring is 1. The van der Waals surface area contributed by atoms with Crippen molar-refractivity contribution < 1.29 is 0 Å². The topological polar surface area (TPSA) is 63.8 Å². The van der Waals surface area contributed by atoms with E-state index in [0.717, 1.165) is 12.1 Å². The van der Waals surface area contributed by atoms with Crippen molar-refractivity contribution in [3.8, 4) is 0 Å². The fraction of sp³-hybridized carbons (Fsp3) is 0.182. The van der Waals surface area contributed by atoms with Crippen LogP contribution in [0.25, 0.3) is 0 Å². The molecular formula is C11H13N3O. The van der Waals surface area contributed by atoms with Crippen LogP contribution >= 0.6 is 0 Å². The van der Waals surface area contributed by atoms with E-state index in [1.807, 2.05) is 24.3 Å². The maximum atomic E-state index is 11.2. The highest BCUT2D eigenvalue weighted by atomic mass is 16.1. The number of aryl methyl sites for hydroxylation is 2. The highest BCUT2D eigenvalue weighted by molar-refractivity contribution is 5.39. The monoisotopic (exact) mass is 203 g/mol. The van der Waals surface area contributed by atoms with Crippen LogP contribution < -0.4 is 11.4 Å². The zero-order valence-corrected chi connectivity index (χ0v) is 8.31. The molecule has 0 amide bonds. The average molecular weight is 203 g/mol. The molecule has 4 heteroatoms. The summed E-state index contributed by atoms with van der Waals surface area (Å²) in [4.78, 5) is 13.8. The minimum atomic E-state index is -0.0644. The van der Waals surface area contributed by atoms with Gasteiger partial charge >= 0.3 is 5.69 Å². The summed E-state index contributed by atoms with van der Waals surface area (Å²) < 4.78 is 1.65. The molecule has 0 radical (unpaired) electrons. The van der Waals surface area contributed by atoms with Gasteiger partial charge in [0.2, 0.25) is 0 Å². The van der Waals surface area contributed by atoms with E-state index < -0.39 is 0 Å². The van der Waals surface area contributed by atoms with Gasteiger partial charge in [-0.15, -0.1) is 0 Å². The molecule has 15 heavy (non-hydrogen) atoms. The number of hydrogen-bond acceptors (Lipinski definition) is 2. The molecule has 2 aromatic rings. The lowest BCUT2D eigenvalue weighted by atomic mass is 10.1. The fourth-order valence-electron chi connectivity index (χ4n) is 1.46. The van der Waals surface area contributed by atoms with E-state index in [0.29, 0.717) is 6.54 Å². The van der Waals surface area contributed by atoms with E-state index in [1.54, 1.807) is 17.0 Å². The number of aromatic nitrogens is 2. The van der Waals surface area contributed by atoms with Crippen molar-refractivity contribution in [2.75, 3.05) is 5.73 Å². The standard InChI is InChI=1S/C11H13N3O/c12-10-3-1-9(2-4-10)5-7-14-8-6-13-11(14)15/h1-4,6,8H,5,7,12H2,(H,13,15). The molecule has 0 spiro atoms. The van der Waals surface area contributed by atoms with Crippen molar-refractivity contribution in [1.29, 1.82) is 0 Å². The number of H-pyrrole nitrogens is 1. The van der Waals surface area contributed by atoms with Gasteiger partial charge in [0, 0.05) is 24.6 Å². The van der Waals surface area contributed by atoms with Crippen LogP contribution in [0.4, 0.5) is 5.69 Å². The van der Waals surface area contributed by atoms with E-state index in [2.05, 4.69) is 4.98 Å². The lowest BCUT2D eigenvalue weighted by Crippen LogP contribution is -2.17. The lowest BCUT2D eigenvalue weighted by Gasteiger charge is -2.02. The second-order valence-electron chi connectivity index (χ2n) is 3.45. The van der Waals surface area contributed by atoms with Gasteiger partial charge in [0.15, 0.2) is 0 Å². The van der Waals surface area contributed by atoms with Gasteiger partial charge in [-0.25, -0.2) is 4.79 Å². The van der Waals surface area contributed by atoms with Crippen molar-refractivity contribution in [2.24, 2.45) is 0 Å². The lowest BCUT2D eigenvalue weighted by molar-refractivity contribution is 0.672. The molecule has 0 aliphatic heterocycles. The smallest absolute Gasteiger partial charge is 0.325 e. The maximum Gasteiger partial charge on any atom is 0.325 e. The third-order valence-electron chi connectivity index (χ3n) is 2.34. The molecule has 1 aromatic carbocycles. The van der Waals surface area contributed by atoms with Gasteiger partial charge in [0.25, 0.3) is 0 Å². The Morgan fingerprint density at radius 2 is 2.00 bits per heavy atom. The molecule has 0 fully saturated rings. The van der Waals surface area contributed by atoms with Gasteiger partial charge in [-0.2, -0.15) is 0 Å². The van der Waals surface area contributed by atoms with E-state index >= 15 is 0 Å². The summed E-state index contributed by atoms with van der Waals surface area (Å²) in [7, 11) is 0. The first-order valence-electron chi connectivity index (χ1n) is 4.84. The Kier molecular flexibility index (Phi) is 2.58. The van der Waals surface area contributed by atoms with Crippen LogP contribution in [0.3, 0.4) is 0 Å². The third-order valence-corrected chi connectivity index (χ3v) is 2.34. The van der Waals surface area contributed by atoms with Gasteiger partial charge < -0.3 is 10.7 Å². The minimum Gasteiger partial charge on any atom is -0.399 e. The number of rotatable bonds is 3. The van der Waals surface area contributed by atoms with Crippen LogP contribution in [0.5, 0.6) is 0 Å². The molecule has 1 aromatic heterocycles. The number of anilines is 1. The Morgan fingerprint density at radius 1 is 1.27 bits per heavy atom. The first-order chi connectivity index (χ1) is 7.25. The molecule has 0 unspecified atom stereocenters. The number of aromatic amines is 1. The maximum absolute atomic E-state index is 11.2. The van der Waals surface area contributed by atoms with Crippen molar-refractivity contribution in [3.63, 3.8) is 0 Å². The van der Waals surface area contributed by atoms with Gasteiger partial charge in [-0.1, -0.05) is 12.1 Å². The minimum absolute atomic E-state index is 0.0644. The first-order valence-corrected chi connectivity index (χ1v) is 4.84. The normalized spacial score (nSPS) is 10.4. The number of imidazole rings is 1. The molecule has 0 bridgehead atoms. The highest BCUT2D eigenvalue weighted by Gasteiger charge is 1.97. The highest BCUT2D eigenvalue weighted by Crippen LogP contribution is 2.06. The van der Waals surface area contributed by atoms with Crippen molar-refractivity contribution in [1.82, 2.24) is 9.55 Å². The van der Waals surface area contributed by atoms with E-state index in [-0.39, 0.29) is 5.69 Å². The van der Waals surface area contributed by atoms with Crippen LogP contribution in [0, 0.1) is 0 Å². The Balaban J connectivity index is 2.02. The second kappa shape index (κ2) is 4.04. The molecule has 0 saturated heterocycles. The van der Waals surface area contributed by atoms with E-state index in [1.165, 1.54) is 5.56 Å². The Labute approximate surface area is 87.4 Å². The summed E-state index contributed by atoms with van der Waals surface area (Å²) in [5.41, 5.74) is 7.46.